The highest BCUT2D eigenvalue weighted by atomic mass is 19.4. The van der Waals surface area contributed by atoms with Gasteiger partial charge in [0.2, 0.25) is 12.0 Å². The number of halogens is 3. The molecule has 2 aliphatic heterocycles. The number of morpholine rings is 1. The fourth-order valence-electron chi connectivity index (χ4n) is 5.95. The van der Waals surface area contributed by atoms with E-state index in [9.17, 15) is 27.6 Å². The van der Waals surface area contributed by atoms with Crippen molar-refractivity contribution >= 4 is 18.0 Å². The van der Waals surface area contributed by atoms with Gasteiger partial charge in [-0.3, -0.25) is 9.59 Å². The molecule has 2 saturated heterocycles. The molecule has 1 saturated carbocycles. The molecule has 0 bridgehead atoms. The molecule has 1 aliphatic carbocycles. The number of likely N-dealkylation sites (tertiary alicyclic amines) is 1. The zero-order chi connectivity index (χ0) is 30.7. The molecule has 0 radical (unpaired) electrons. The highest BCUT2D eigenvalue weighted by Gasteiger charge is 2.53. The van der Waals surface area contributed by atoms with Crippen LogP contribution in [0.4, 0.5) is 18.0 Å². The first-order chi connectivity index (χ1) is 19.7. The number of carboxylic acid groups (broad SMARTS) is 1. The number of benzene rings is 1. The molecule has 1 aromatic rings. The van der Waals surface area contributed by atoms with Crippen LogP contribution >= 0.6 is 0 Å². The second-order valence-electron chi connectivity index (χ2n) is 12.2. The van der Waals surface area contributed by atoms with Gasteiger partial charge in [-0.05, 0) is 70.4 Å². The first-order valence-corrected chi connectivity index (χ1v) is 14.2. The third-order valence-electron chi connectivity index (χ3n) is 7.94. The van der Waals surface area contributed by atoms with Gasteiger partial charge in [0.15, 0.2) is 0 Å². The second-order valence-corrected chi connectivity index (χ2v) is 12.2. The molecule has 10 nitrogen and oxygen atoms in total. The second kappa shape index (κ2) is 12.7. The summed E-state index contributed by atoms with van der Waals surface area (Å²) in [7, 11) is 0. The van der Waals surface area contributed by atoms with Gasteiger partial charge in [-0.25, -0.2) is 4.79 Å². The van der Waals surface area contributed by atoms with Crippen molar-refractivity contribution in [1.29, 1.82) is 0 Å². The highest BCUT2D eigenvalue weighted by molar-refractivity contribution is 5.79. The Morgan fingerprint density at radius 3 is 2.48 bits per heavy atom. The Hall–Kier alpha value is -3.06. The van der Waals surface area contributed by atoms with Crippen molar-refractivity contribution in [2.24, 2.45) is 0 Å². The molecule has 4 rings (SSSR count). The molecule has 1 aromatic carbocycles. The van der Waals surface area contributed by atoms with E-state index < -0.39 is 47.9 Å². The van der Waals surface area contributed by atoms with Gasteiger partial charge < -0.3 is 34.3 Å². The summed E-state index contributed by atoms with van der Waals surface area (Å²) in [6, 6.07) is 5.92. The monoisotopic (exact) mass is 600 g/mol. The molecule has 42 heavy (non-hydrogen) atoms. The number of nitrogens with zero attached hydrogens (tertiary/aromatic N) is 1. The van der Waals surface area contributed by atoms with Crippen molar-refractivity contribution in [3.8, 4) is 5.75 Å². The molecule has 2 N–H and O–H groups in total. The first-order valence-electron chi connectivity index (χ1n) is 14.2. The van der Waals surface area contributed by atoms with Gasteiger partial charge in [-0.1, -0.05) is 18.2 Å². The normalized spacial score (nSPS) is 27.4. The van der Waals surface area contributed by atoms with E-state index in [4.69, 9.17) is 24.1 Å². The van der Waals surface area contributed by atoms with Crippen LogP contribution in [0.1, 0.15) is 70.8 Å². The summed E-state index contributed by atoms with van der Waals surface area (Å²) in [5, 5.41) is 12.0. The van der Waals surface area contributed by atoms with Crippen LogP contribution in [0.15, 0.2) is 24.3 Å². The van der Waals surface area contributed by atoms with Crippen molar-refractivity contribution in [3.63, 3.8) is 0 Å². The standard InChI is InChI=1S/C29H39F3N2O8/c1-27(2,3)42-26(38)34-13-12-28(17-39-16-24(35)33-28)22(34)15-40-19-10-8-18(9-11-19)20-6-4-5-7-21(20)41-23(14-25(36)37)29(30,31)32/h4-7,18-19,22-23H,8-17H2,1-3H3,(H,33,35)(H,36,37). The van der Waals surface area contributed by atoms with Gasteiger partial charge in [-0.2, -0.15) is 13.2 Å². The lowest BCUT2D eigenvalue weighted by atomic mass is 9.82. The number of nitrogens with one attached hydrogen (secondary N) is 1. The number of rotatable bonds is 8. The topological polar surface area (TPSA) is 124 Å². The van der Waals surface area contributed by atoms with Crippen LogP contribution in [0.3, 0.4) is 0 Å². The lowest BCUT2D eigenvalue weighted by Gasteiger charge is -2.41. The SMILES string of the molecule is CC(C)(C)OC(=O)N1CCC2(COCC(=O)N2)C1COC1CCC(c2ccccc2OC(CC(=O)O)C(F)(F)F)CC1. The van der Waals surface area contributed by atoms with E-state index in [1.165, 1.54) is 6.07 Å². The fourth-order valence-corrected chi connectivity index (χ4v) is 5.95. The van der Waals surface area contributed by atoms with E-state index in [-0.39, 0.29) is 43.5 Å². The van der Waals surface area contributed by atoms with Crippen molar-refractivity contribution in [2.45, 2.75) is 101 Å². The third-order valence-corrected chi connectivity index (χ3v) is 7.94. The van der Waals surface area contributed by atoms with E-state index >= 15 is 0 Å². The molecule has 3 atom stereocenters. The fraction of sp³-hybridized carbons (Fsp3) is 0.690. The molecule has 234 valence electrons. The summed E-state index contributed by atoms with van der Waals surface area (Å²) in [6.45, 7) is 6.07. The Labute approximate surface area is 242 Å². The number of para-hydroxylation sites is 1. The van der Waals surface area contributed by atoms with Crippen molar-refractivity contribution < 1.29 is 51.6 Å². The summed E-state index contributed by atoms with van der Waals surface area (Å²) in [5.74, 6) is -1.92. The number of carbonyl (C=O) groups is 3. The number of aliphatic carboxylic acids is 1. The Bertz CT molecular complexity index is 1130. The van der Waals surface area contributed by atoms with Crippen LogP contribution in [0.25, 0.3) is 0 Å². The highest BCUT2D eigenvalue weighted by Crippen LogP contribution is 2.40. The van der Waals surface area contributed by atoms with Gasteiger partial charge >= 0.3 is 18.2 Å². The summed E-state index contributed by atoms with van der Waals surface area (Å²) >= 11 is 0. The van der Waals surface area contributed by atoms with E-state index in [1.807, 2.05) is 0 Å². The molecule has 3 fully saturated rings. The zero-order valence-corrected chi connectivity index (χ0v) is 24.1. The molecular formula is C29H39F3N2O8. The van der Waals surface area contributed by atoms with Crippen molar-refractivity contribution in [3.05, 3.63) is 29.8 Å². The number of alkyl halides is 3. The maximum atomic E-state index is 13.4. The lowest BCUT2D eigenvalue weighted by Crippen LogP contribution is -2.65. The molecule has 1 spiro atoms. The van der Waals surface area contributed by atoms with Gasteiger partial charge in [-0.15, -0.1) is 0 Å². The third kappa shape index (κ3) is 7.85. The summed E-state index contributed by atoms with van der Waals surface area (Å²) in [5.41, 5.74) is -0.884. The minimum Gasteiger partial charge on any atom is -0.481 e. The Morgan fingerprint density at radius 2 is 1.86 bits per heavy atom. The van der Waals surface area contributed by atoms with Crippen LogP contribution < -0.4 is 10.1 Å². The molecule has 13 heteroatoms. The molecule has 0 aromatic heterocycles. The van der Waals surface area contributed by atoms with Crippen LogP contribution in [0, 0.1) is 0 Å². The van der Waals surface area contributed by atoms with Gasteiger partial charge in [0.25, 0.3) is 0 Å². The van der Waals surface area contributed by atoms with E-state index in [1.54, 1.807) is 43.9 Å². The van der Waals surface area contributed by atoms with Crippen LogP contribution in [0.2, 0.25) is 0 Å². The van der Waals surface area contributed by atoms with Crippen molar-refractivity contribution in [1.82, 2.24) is 10.2 Å². The van der Waals surface area contributed by atoms with Gasteiger partial charge in [0.1, 0.15) is 18.0 Å². The molecule has 2 amide bonds. The Morgan fingerprint density at radius 1 is 1.17 bits per heavy atom. The van der Waals surface area contributed by atoms with E-state index in [0.29, 0.717) is 44.2 Å². The average molecular weight is 601 g/mol. The van der Waals surface area contributed by atoms with E-state index in [0.717, 1.165) is 0 Å². The lowest BCUT2D eigenvalue weighted by molar-refractivity contribution is -0.200. The predicted octanol–water partition coefficient (Wildman–Crippen LogP) is 4.41. The minimum atomic E-state index is -4.83. The zero-order valence-electron chi connectivity index (χ0n) is 24.1. The summed E-state index contributed by atoms with van der Waals surface area (Å²) in [4.78, 5) is 37.9. The van der Waals surface area contributed by atoms with Crippen LogP contribution in [-0.4, -0.2) is 89.9 Å². The number of hydrogen-bond donors (Lipinski definition) is 2. The average Bonchev–Trinajstić information content (AvgIpc) is 3.22. The predicted molar refractivity (Wildman–Crippen MR) is 143 cm³/mol. The number of carbonyl (C=O) groups excluding carboxylic acids is 2. The maximum absolute atomic E-state index is 13.4. The van der Waals surface area contributed by atoms with Gasteiger partial charge in [0, 0.05) is 6.54 Å². The number of carboxylic acids is 1. The number of amides is 2. The first kappa shape index (κ1) is 31.9. The van der Waals surface area contributed by atoms with Crippen LogP contribution in [-0.2, 0) is 23.8 Å². The van der Waals surface area contributed by atoms with Crippen molar-refractivity contribution in [2.75, 3.05) is 26.4 Å². The molecule has 3 aliphatic rings. The van der Waals surface area contributed by atoms with Gasteiger partial charge in [0.05, 0.1) is 37.3 Å². The quantitative estimate of drug-likeness (QED) is 0.450. The Kier molecular flexibility index (Phi) is 9.61. The number of hydrogen-bond acceptors (Lipinski definition) is 7. The van der Waals surface area contributed by atoms with E-state index in [2.05, 4.69) is 5.32 Å². The minimum absolute atomic E-state index is 0.0272. The largest absolute Gasteiger partial charge is 0.481 e. The van der Waals surface area contributed by atoms with Crippen LogP contribution in [0.5, 0.6) is 5.75 Å². The number of ether oxygens (including phenoxy) is 4. The molecule has 3 unspecified atom stereocenters. The summed E-state index contributed by atoms with van der Waals surface area (Å²) in [6.07, 6.45) is -6.16. The smallest absolute Gasteiger partial charge is 0.426 e. The molecule has 2 heterocycles. The summed E-state index contributed by atoms with van der Waals surface area (Å²) < 4.78 is 63.0. The molecular weight excluding hydrogens is 561 g/mol. The Balaban J connectivity index is 1.40. The maximum Gasteiger partial charge on any atom is 0.426 e.